The maximum atomic E-state index is 13.1. The molecule has 0 bridgehead atoms. The van der Waals surface area contributed by atoms with Crippen LogP contribution in [0.3, 0.4) is 0 Å². The van der Waals surface area contributed by atoms with Crippen molar-refractivity contribution in [1.29, 1.82) is 0 Å². The second-order valence-electron chi connectivity index (χ2n) is 7.35. The number of aromatic nitrogens is 3. The zero-order valence-corrected chi connectivity index (χ0v) is 17.7. The minimum atomic E-state index is -0.223. The molecule has 2 fully saturated rings. The third-order valence-electron chi connectivity index (χ3n) is 5.45. The number of halogens is 3. The van der Waals surface area contributed by atoms with Gasteiger partial charge in [0.2, 0.25) is 0 Å². The molecule has 7 nitrogen and oxygen atoms in total. The van der Waals surface area contributed by atoms with E-state index in [4.69, 9.17) is 0 Å². The van der Waals surface area contributed by atoms with Crippen molar-refractivity contribution in [1.82, 2.24) is 25.6 Å². The topological polar surface area (TPSA) is 75.1 Å². The molecular weight excluding hydrogens is 418 g/mol. The highest BCUT2D eigenvalue weighted by molar-refractivity contribution is 5.91. The van der Waals surface area contributed by atoms with Crippen LogP contribution in [0.25, 0.3) is 0 Å². The molecule has 1 aromatic carbocycles. The molecule has 2 N–H and O–H groups in total. The molecular formula is C19H27Cl2FN6O. The molecule has 4 rings (SSSR count). The number of nitrogens with one attached hydrogen (secondary N) is 2. The molecule has 2 saturated heterocycles. The van der Waals surface area contributed by atoms with Crippen LogP contribution in [0, 0.1) is 11.7 Å². The number of hydrogen-bond donors (Lipinski definition) is 2. The predicted molar refractivity (Wildman–Crippen MR) is 115 cm³/mol. The van der Waals surface area contributed by atoms with Crippen molar-refractivity contribution < 1.29 is 9.18 Å². The molecule has 0 aliphatic carbocycles. The summed E-state index contributed by atoms with van der Waals surface area (Å²) in [5.41, 5.74) is 1.40. The summed E-state index contributed by atoms with van der Waals surface area (Å²) in [6.45, 7) is 4.32. The molecule has 0 spiro atoms. The third-order valence-corrected chi connectivity index (χ3v) is 5.45. The van der Waals surface area contributed by atoms with Crippen molar-refractivity contribution >= 4 is 36.4 Å². The Balaban J connectivity index is 0.00000150. The summed E-state index contributed by atoms with van der Waals surface area (Å²) in [5.74, 6) is -0.0202. The quantitative estimate of drug-likeness (QED) is 0.740. The Morgan fingerprint density at radius 2 is 1.90 bits per heavy atom. The van der Waals surface area contributed by atoms with Crippen LogP contribution in [0.2, 0.25) is 0 Å². The van der Waals surface area contributed by atoms with Crippen molar-refractivity contribution in [2.24, 2.45) is 5.92 Å². The van der Waals surface area contributed by atoms with E-state index < -0.39 is 0 Å². The van der Waals surface area contributed by atoms with Gasteiger partial charge in [0.1, 0.15) is 5.82 Å². The lowest BCUT2D eigenvalue weighted by Gasteiger charge is -2.22. The van der Waals surface area contributed by atoms with E-state index in [9.17, 15) is 9.18 Å². The van der Waals surface area contributed by atoms with Crippen LogP contribution in [0.1, 0.15) is 35.8 Å². The van der Waals surface area contributed by atoms with Gasteiger partial charge < -0.3 is 15.5 Å². The Labute approximate surface area is 182 Å². The second-order valence-corrected chi connectivity index (χ2v) is 7.35. The summed E-state index contributed by atoms with van der Waals surface area (Å²) < 4.78 is 14.9. The Morgan fingerprint density at radius 1 is 1.17 bits per heavy atom. The Bertz CT molecular complexity index is 781. The van der Waals surface area contributed by atoms with Crippen molar-refractivity contribution in [2.45, 2.75) is 25.3 Å². The van der Waals surface area contributed by atoms with E-state index in [2.05, 4.69) is 25.8 Å². The first-order valence-corrected chi connectivity index (χ1v) is 9.60. The highest BCUT2D eigenvalue weighted by atomic mass is 35.5. The van der Waals surface area contributed by atoms with Crippen LogP contribution < -0.4 is 15.5 Å². The number of carbonyl (C=O) groups excluding carboxylic acids is 1. The Kier molecular flexibility index (Phi) is 8.67. The van der Waals surface area contributed by atoms with Crippen molar-refractivity contribution in [3.05, 3.63) is 42.0 Å². The van der Waals surface area contributed by atoms with Gasteiger partial charge in [0, 0.05) is 25.3 Å². The molecule has 1 amide bonds. The molecule has 1 unspecified atom stereocenters. The predicted octanol–water partition coefficient (Wildman–Crippen LogP) is 2.44. The number of benzene rings is 1. The number of rotatable bonds is 5. The van der Waals surface area contributed by atoms with E-state index in [0.29, 0.717) is 24.2 Å². The maximum Gasteiger partial charge on any atom is 0.273 e. The van der Waals surface area contributed by atoms with E-state index in [1.165, 1.54) is 12.1 Å². The molecule has 0 radical (unpaired) electrons. The molecule has 2 aliphatic heterocycles. The van der Waals surface area contributed by atoms with Crippen LogP contribution in [-0.4, -0.2) is 53.6 Å². The van der Waals surface area contributed by atoms with Gasteiger partial charge in [-0.2, -0.15) is 0 Å². The standard InChI is InChI=1S/C19H25FN6O.2ClH/c20-15-1-3-16(4-2-15)25-10-7-14(12-25)11-22-19(27)18-13-26(24-23-18)17-5-8-21-9-6-17;;/h1-4,13-14,17,21H,5-12H2,(H,22,27);2*1H. The lowest BCUT2D eigenvalue weighted by atomic mass is 10.1. The highest BCUT2D eigenvalue weighted by Gasteiger charge is 2.24. The maximum absolute atomic E-state index is 13.1. The minimum Gasteiger partial charge on any atom is -0.371 e. The largest absolute Gasteiger partial charge is 0.371 e. The molecule has 160 valence electrons. The van der Waals surface area contributed by atoms with Crippen LogP contribution in [0.4, 0.5) is 10.1 Å². The van der Waals surface area contributed by atoms with Gasteiger partial charge in [0.25, 0.3) is 5.91 Å². The average molecular weight is 445 g/mol. The number of piperidine rings is 1. The lowest BCUT2D eigenvalue weighted by molar-refractivity contribution is 0.0943. The summed E-state index contributed by atoms with van der Waals surface area (Å²) in [4.78, 5) is 14.6. The first kappa shape index (κ1) is 23.4. The molecule has 3 heterocycles. The van der Waals surface area contributed by atoms with E-state index in [1.807, 2.05) is 4.68 Å². The van der Waals surface area contributed by atoms with Crippen LogP contribution in [0.15, 0.2) is 30.5 Å². The molecule has 1 atom stereocenters. The summed E-state index contributed by atoms with van der Waals surface area (Å²) >= 11 is 0. The lowest BCUT2D eigenvalue weighted by Crippen LogP contribution is -2.31. The van der Waals surface area contributed by atoms with Gasteiger partial charge in [-0.15, -0.1) is 29.9 Å². The summed E-state index contributed by atoms with van der Waals surface area (Å²) in [6.07, 6.45) is 4.77. The zero-order valence-electron chi connectivity index (χ0n) is 16.1. The molecule has 0 saturated carbocycles. The number of nitrogens with zero attached hydrogens (tertiary/aromatic N) is 4. The van der Waals surface area contributed by atoms with Gasteiger partial charge >= 0.3 is 0 Å². The van der Waals surface area contributed by atoms with E-state index in [-0.39, 0.29) is 36.5 Å². The number of anilines is 1. The van der Waals surface area contributed by atoms with Gasteiger partial charge in [-0.3, -0.25) is 4.79 Å². The monoisotopic (exact) mass is 444 g/mol. The fourth-order valence-electron chi connectivity index (χ4n) is 3.84. The number of amides is 1. The highest BCUT2D eigenvalue weighted by Crippen LogP contribution is 2.23. The van der Waals surface area contributed by atoms with E-state index >= 15 is 0 Å². The van der Waals surface area contributed by atoms with Crippen LogP contribution in [0.5, 0.6) is 0 Å². The van der Waals surface area contributed by atoms with Crippen molar-refractivity contribution in [3.63, 3.8) is 0 Å². The third kappa shape index (κ3) is 5.81. The van der Waals surface area contributed by atoms with Gasteiger partial charge in [-0.25, -0.2) is 9.07 Å². The Morgan fingerprint density at radius 3 is 2.62 bits per heavy atom. The Hall–Kier alpha value is -1.90. The average Bonchev–Trinajstić information content (AvgIpc) is 3.37. The fraction of sp³-hybridized carbons (Fsp3) is 0.526. The number of carbonyl (C=O) groups is 1. The minimum absolute atomic E-state index is 0. The molecule has 29 heavy (non-hydrogen) atoms. The summed E-state index contributed by atoms with van der Waals surface area (Å²) in [6, 6.07) is 6.89. The van der Waals surface area contributed by atoms with Crippen LogP contribution in [-0.2, 0) is 0 Å². The van der Waals surface area contributed by atoms with Gasteiger partial charge in [-0.1, -0.05) is 5.21 Å². The van der Waals surface area contributed by atoms with E-state index in [0.717, 1.165) is 51.1 Å². The zero-order chi connectivity index (χ0) is 18.6. The fourth-order valence-corrected chi connectivity index (χ4v) is 3.84. The van der Waals surface area contributed by atoms with Gasteiger partial charge in [0.15, 0.2) is 5.69 Å². The molecule has 10 heteroatoms. The molecule has 2 aromatic rings. The second kappa shape index (κ2) is 10.8. The van der Waals surface area contributed by atoms with E-state index in [1.54, 1.807) is 18.3 Å². The number of hydrogen-bond acceptors (Lipinski definition) is 5. The SMILES string of the molecule is Cl.Cl.O=C(NCC1CCN(c2ccc(F)cc2)C1)c1cn(C2CCNCC2)nn1. The first-order valence-electron chi connectivity index (χ1n) is 9.60. The normalized spacial score (nSPS) is 19.3. The van der Waals surface area contributed by atoms with Gasteiger partial charge in [0.05, 0.1) is 12.2 Å². The van der Waals surface area contributed by atoms with Crippen molar-refractivity contribution in [3.8, 4) is 0 Å². The summed E-state index contributed by atoms with van der Waals surface area (Å²) in [5, 5.41) is 14.5. The summed E-state index contributed by atoms with van der Waals surface area (Å²) in [7, 11) is 0. The van der Waals surface area contributed by atoms with Crippen molar-refractivity contribution in [2.75, 3.05) is 37.6 Å². The molecule has 2 aliphatic rings. The molecule has 1 aromatic heterocycles. The smallest absolute Gasteiger partial charge is 0.273 e. The first-order chi connectivity index (χ1) is 13.2. The van der Waals surface area contributed by atoms with Crippen LogP contribution >= 0.6 is 24.8 Å². The van der Waals surface area contributed by atoms with Gasteiger partial charge in [-0.05, 0) is 62.5 Å².